The second-order valence-corrected chi connectivity index (χ2v) is 5.98. The van der Waals surface area contributed by atoms with Gasteiger partial charge in [-0.3, -0.25) is 4.79 Å². The quantitative estimate of drug-likeness (QED) is 0.801. The molecule has 1 amide bonds. The van der Waals surface area contributed by atoms with Crippen LogP contribution in [0.5, 0.6) is 0 Å². The van der Waals surface area contributed by atoms with E-state index in [0.29, 0.717) is 18.2 Å². The topological polar surface area (TPSA) is 46.3 Å². The number of likely N-dealkylation sites (tertiary alicyclic amines) is 1. The van der Waals surface area contributed by atoms with Gasteiger partial charge in [0.1, 0.15) is 0 Å². The van der Waals surface area contributed by atoms with E-state index >= 15 is 0 Å². The van der Waals surface area contributed by atoms with Crippen molar-refractivity contribution in [1.82, 2.24) is 4.90 Å². The molecule has 1 heterocycles. The Kier molecular flexibility index (Phi) is 4.43. The van der Waals surface area contributed by atoms with Gasteiger partial charge in [-0.1, -0.05) is 19.8 Å². The summed E-state index contributed by atoms with van der Waals surface area (Å²) in [5, 5.41) is 0. The Bertz CT molecular complexity index is 259. The maximum Gasteiger partial charge on any atom is 0.222 e. The number of rotatable bonds is 2. The minimum Gasteiger partial charge on any atom is -0.343 e. The molecule has 0 radical (unpaired) electrons. The molecule has 2 aliphatic rings. The molecule has 1 aliphatic heterocycles. The first-order valence-electron chi connectivity index (χ1n) is 7.20. The molecule has 2 atom stereocenters. The molecule has 0 bridgehead atoms. The van der Waals surface area contributed by atoms with E-state index in [1.54, 1.807) is 0 Å². The summed E-state index contributed by atoms with van der Waals surface area (Å²) in [6, 6.07) is 0.261. The number of carbonyl (C=O) groups excluding carboxylic acids is 1. The van der Waals surface area contributed by atoms with E-state index in [-0.39, 0.29) is 6.04 Å². The normalized spacial score (nSPS) is 31.5. The molecule has 0 aromatic rings. The van der Waals surface area contributed by atoms with Crippen LogP contribution >= 0.6 is 0 Å². The summed E-state index contributed by atoms with van der Waals surface area (Å²) >= 11 is 0. The lowest BCUT2D eigenvalue weighted by Gasteiger charge is -2.33. The smallest absolute Gasteiger partial charge is 0.222 e. The van der Waals surface area contributed by atoms with Gasteiger partial charge in [0, 0.05) is 25.6 Å². The number of carbonyl (C=O) groups is 1. The fourth-order valence-electron chi connectivity index (χ4n) is 3.10. The molecule has 0 aromatic carbocycles. The second-order valence-electron chi connectivity index (χ2n) is 5.98. The average molecular weight is 238 g/mol. The monoisotopic (exact) mass is 238 g/mol. The van der Waals surface area contributed by atoms with Crippen LogP contribution in [0.2, 0.25) is 0 Å². The molecule has 0 aromatic heterocycles. The highest BCUT2D eigenvalue weighted by Crippen LogP contribution is 2.27. The van der Waals surface area contributed by atoms with Gasteiger partial charge in [-0.2, -0.15) is 0 Å². The van der Waals surface area contributed by atoms with Gasteiger partial charge in [-0.05, 0) is 37.5 Å². The molecular weight excluding hydrogens is 212 g/mol. The number of piperidine rings is 1. The van der Waals surface area contributed by atoms with Crippen LogP contribution in [0.15, 0.2) is 0 Å². The molecule has 2 N–H and O–H groups in total. The number of nitrogens with zero attached hydrogens (tertiary/aromatic N) is 1. The highest BCUT2D eigenvalue weighted by molar-refractivity contribution is 5.76. The zero-order valence-electron chi connectivity index (χ0n) is 11.0. The fraction of sp³-hybridized carbons (Fsp3) is 0.929. The summed E-state index contributed by atoms with van der Waals surface area (Å²) in [5.41, 5.74) is 6.11. The van der Waals surface area contributed by atoms with Gasteiger partial charge in [-0.15, -0.1) is 0 Å². The van der Waals surface area contributed by atoms with E-state index < -0.39 is 0 Å². The third-order valence-corrected chi connectivity index (χ3v) is 4.54. The van der Waals surface area contributed by atoms with E-state index in [2.05, 4.69) is 11.8 Å². The highest BCUT2D eigenvalue weighted by Gasteiger charge is 2.27. The summed E-state index contributed by atoms with van der Waals surface area (Å²) < 4.78 is 0. The zero-order chi connectivity index (χ0) is 12.3. The standard InChI is InChI=1S/C14H26N2O/c1-11-6-8-16(9-7-11)14(17)10-12-4-2-3-5-13(12)15/h11-13H,2-10,15H2,1H3. The van der Waals surface area contributed by atoms with Gasteiger partial charge >= 0.3 is 0 Å². The van der Waals surface area contributed by atoms with E-state index in [0.717, 1.165) is 31.8 Å². The number of amides is 1. The predicted molar refractivity (Wildman–Crippen MR) is 69.5 cm³/mol. The fourth-order valence-corrected chi connectivity index (χ4v) is 3.10. The number of hydrogen-bond donors (Lipinski definition) is 1. The largest absolute Gasteiger partial charge is 0.343 e. The molecule has 3 nitrogen and oxygen atoms in total. The van der Waals surface area contributed by atoms with Crippen molar-refractivity contribution in [2.24, 2.45) is 17.6 Å². The minimum absolute atomic E-state index is 0.261. The maximum absolute atomic E-state index is 12.2. The van der Waals surface area contributed by atoms with Gasteiger partial charge in [0.05, 0.1) is 0 Å². The van der Waals surface area contributed by atoms with E-state index in [4.69, 9.17) is 5.73 Å². The van der Waals surface area contributed by atoms with Gasteiger partial charge in [-0.25, -0.2) is 0 Å². The van der Waals surface area contributed by atoms with Gasteiger partial charge < -0.3 is 10.6 Å². The van der Waals surface area contributed by atoms with Crippen molar-refractivity contribution in [2.75, 3.05) is 13.1 Å². The van der Waals surface area contributed by atoms with Crippen molar-refractivity contribution >= 4 is 5.91 Å². The maximum atomic E-state index is 12.2. The van der Waals surface area contributed by atoms with Crippen LogP contribution in [0, 0.1) is 11.8 Å². The van der Waals surface area contributed by atoms with E-state index in [9.17, 15) is 4.79 Å². The summed E-state index contributed by atoms with van der Waals surface area (Å²) in [6.45, 7) is 4.20. The van der Waals surface area contributed by atoms with Gasteiger partial charge in [0.15, 0.2) is 0 Å². The second kappa shape index (κ2) is 5.85. The van der Waals surface area contributed by atoms with Crippen molar-refractivity contribution in [2.45, 2.75) is 57.9 Å². The molecule has 0 spiro atoms. The summed E-state index contributed by atoms with van der Waals surface area (Å²) in [7, 11) is 0. The lowest BCUT2D eigenvalue weighted by atomic mass is 9.82. The first-order valence-corrected chi connectivity index (χ1v) is 7.20. The molecule has 2 rings (SSSR count). The van der Waals surface area contributed by atoms with Crippen molar-refractivity contribution < 1.29 is 4.79 Å². The first-order chi connectivity index (χ1) is 8.16. The zero-order valence-corrected chi connectivity index (χ0v) is 11.0. The molecule has 1 saturated carbocycles. The van der Waals surface area contributed by atoms with Crippen LogP contribution < -0.4 is 5.73 Å². The van der Waals surface area contributed by atoms with Crippen molar-refractivity contribution in [1.29, 1.82) is 0 Å². The van der Waals surface area contributed by atoms with Crippen LogP contribution in [-0.2, 0) is 4.79 Å². The molecule has 17 heavy (non-hydrogen) atoms. The first kappa shape index (κ1) is 12.9. The van der Waals surface area contributed by atoms with Crippen LogP contribution in [0.25, 0.3) is 0 Å². The SMILES string of the molecule is CC1CCN(C(=O)CC2CCCCC2N)CC1. The molecular formula is C14H26N2O. The minimum atomic E-state index is 0.261. The number of nitrogens with two attached hydrogens (primary N) is 1. The molecule has 1 aliphatic carbocycles. The van der Waals surface area contributed by atoms with Crippen LogP contribution in [-0.4, -0.2) is 29.9 Å². The summed E-state index contributed by atoms with van der Waals surface area (Å²) in [5.74, 6) is 1.57. The third kappa shape index (κ3) is 3.44. The Morgan fingerprint density at radius 2 is 1.82 bits per heavy atom. The third-order valence-electron chi connectivity index (χ3n) is 4.54. The highest BCUT2D eigenvalue weighted by atomic mass is 16.2. The van der Waals surface area contributed by atoms with Crippen molar-refractivity contribution in [3.05, 3.63) is 0 Å². The molecule has 2 unspecified atom stereocenters. The van der Waals surface area contributed by atoms with Crippen molar-refractivity contribution in [3.8, 4) is 0 Å². The van der Waals surface area contributed by atoms with Crippen LogP contribution in [0.4, 0.5) is 0 Å². The molecule has 98 valence electrons. The van der Waals surface area contributed by atoms with Crippen molar-refractivity contribution in [3.63, 3.8) is 0 Å². The Hall–Kier alpha value is -0.570. The lowest BCUT2D eigenvalue weighted by molar-refractivity contribution is -0.133. The number of hydrogen-bond acceptors (Lipinski definition) is 2. The van der Waals surface area contributed by atoms with Crippen LogP contribution in [0.1, 0.15) is 51.9 Å². The molecule has 3 heteroatoms. The van der Waals surface area contributed by atoms with E-state index in [1.165, 1.54) is 25.7 Å². The summed E-state index contributed by atoms with van der Waals surface area (Å²) in [6.07, 6.45) is 7.78. The Morgan fingerprint density at radius 1 is 1.18 bits per heavy atom. The van der Waals surface area contributed by atoms with Gasteiger partial charge in [0.2, 0.25) is 5.91 Å². The lowest BCUT2D eigenvalue weighted by Crippen LogP contribution is -2.41. The van der Waals surface area contributed by atoms with Crippen LogP contribution in [0.3, 0.4) is 0 Å². The van der Waals surface area contributed by atoms with Gasteiger partial charge in [0.25, 0.3) is 0 Å². The van der Waals surface area contributed by atoms with E-state index in [1.807, 2.05) is 0 Å². The molecule has 1 saturated heterocycles. The Labute approximate surface area is 105 Å². The Morgan fingerprint density at radius 3 is 2.47 bits per heavy atom. The average Bonchev–Trinajstić information content (AvgIpc) is 2.33. The molecule has 2 fully saturated rings. The summed E-state index contributed by atoms with van der Waals surface area (Å²) in [4.78, 5) is 14.2. The predicted octanol–water partition coefficient (Wildman–Crippen LogP) is 2.15. The Balaban J connectivity index is 1.79.